The normalized spacial score (nSPS) is 20.9. The molecule has 1 saturated carbocycles. The fourth-order valence-electron chi connectivity index (χ4n) is 3.24. The van der Waals surface area contributed by atoms with E-state index < -0.39 is 0 Å². The lowest BCUT2D eigenvalue weighted by molar-refractivity contribution is -0.117. The molecule has 2 atom stereocenters. The molecule has 6 heteroatoms. The molecule has 1 aliphatic carbocycles. The molecule has 130 valence electrons. The lowest BCUT2D eigenvalue weighted by Crippen LogP contribution is -2.17. The summed E-state index contributed by atoms with van der Waals surface area (Å²) in [5.74, 6) is 3.03. The molecule has 2 heterocycles. The zero-order chi connectivity index (χ0) is 17.4. The van der Waals surface area contributed by atoms with E-state index in [1.165, 1.54) is 0 Å². The van der Waals surface area contributed by atoms with Crippen LogP contribution < -0.4 is 14.8 Å². The lowest BCUT2D eigenvalue weighted by Gasteiger charge is -2.18. The van der Waals surface area contributed by atoms with Crippen molar-refractivity contribution >= 4 is 11.7 Å². The quantitative estimate of drug-likeness (QED) is 0.927. The molecule has 2 aromatic rings. The number of carbonyl (C=O) groups excluding carboxylic acids is 1. The summed E-state index contributed by atoms with van der Waals surface area (Å²) in [6.45, 7) is 5.02. The lowest BCUT2D eigenvalue weighted by atomic mass is 10.1. The predicted molar refractivity (Wildman–Crippen MR) is 93.1 cm³/mol. The number of benzene rings is 1. The van der Waals surface area contributed by atoms with Crippen molar-refractivity contribution < 1.29 is 14.3 Å². The van der Waals surface area contributed by atoms with Gasteiger partial charge in [-0.2, -0.15) is 0 Å². The number of hydrogen-bond donors (Lipinski definition) is 1. The summed E-state index contributed by atoms with van der Waals surface area (Å²) >= 11 is 0. The van der Waals surface area contributed by atoms with Gasteiger partial charge in [0.2, 0.25) is 5.91 Å². The van der Waals surface area contributed by atoms with E-state index in [9.17, 15) is 4.79 Å². The molecule has 1 aromatic heterocycles. The zero-order valence-electron chi connectivity index (χ0n) is 14.4. The Hall–Kier alpha value is -2.63. The Labute approximate surface area is 146 Å². The van der Waals surface area contributed by atoms with Gasteiger partial charge in [-0.05, 0) is 43.4 Å². The van der Waals surface area contributed by atoms with Crippen LogP contribution >= 0.6 is 0 Å². The first-order valence-corrected chi connectivity index (χ1v) is 8.69. The standard InChI is InChI=1S/C19H21N3O3/c1-3-13-9-18(21-11(2)20-13)22-19(23)15-10-14(15)12-4-5-16-17(8-12)25-7-6-24-16/h4-5,8-9,14-15H,3,6-7,10H2,1-2H3,(H,20,21,22,23). The van der Waals surface area contributed by atoms with E-state index in [4.69, 9.17) is 9.47 Å². The first-order valence-electron chi connectivity index (χ1n) is 8.69. The summed E-state index contributed by atoms with van der Waals surface area (Å²) in [5.41, 5.74) is 2.06. The van der Waals surface area contributed by atoms with Gasteiger partial charge in [0.15, 0.2) is 11.5 Å². The highest BCUT2D eigenvalue weighted by Gasteiger charge is 2.44. The molecule has 25 heavy (non-hydrogen) atoms. The third kappa shape index (κ3) is 3.29. The van der Waals surface area contributed by atoms with Crippen LogP contribution in [0.15, 0.2) is 24.3 Å². The maximum absolute atomic E-state index is 12.5. The summed E-state index contributed by atoms with van der Waals surface area (Å²) in [7, 11) is 0. The van der Waals surface area contributed by atoms with Crippen LogP contribution in [0, 0.1) is 12.8 Å². The van der Waals surface area contributed by atoms with E-state index in [1.807, 2.05) is 38.1 Å². The molecule has 2 aliphatic rings. The van der Waals surface area contributed by atoms with Crippen LogP contribution in [-0.2, 0) is 11.2 Å². The van der Waals surface area contributed by atoms with Gasteiger partial charge in [0, 0.05) is 17.7 Å². The van der Waals surface area contributed by atoms with Crippen LogP contribution in [0.2, 0.25) is 0 Å². The van der Waals surface area contributed by atoms with Gasteiger partial charge < -0.3 is 14.8 Å². The predicted octanol–water partition coefficient (Wildman–Crippen LogP) is 2.86. The summed E-state index contributed by atoms with van der Waals surface area (Å²) in [6.07, 6.45) is 1.66. The zero-order valence-corrected chi connectivity index (χ0v) is 14.4. The molecule has 1 fully saturated rings. The minimum Gasteiger partial charge on any atom is -0.486 e. The van der Waals surface area contributed by atoms with E-state index in [0.29, 0.717) is 24.9 Å². The number of rotatable bonds is 4. The largest absolute Gasteiger partial charge is 0.486 e. The Balaban J connectivity index is 1.44. The highest BCUT2D eigenvalue weighted by Crippen LogP contribution is 2.49. The third-order valence-electron chi connectivity index (χ3n) is 4.63. The van der Waals surface area contributed by atoms with Crippen molar-refractivity contribution in [3.8, 4) is 11.5 Å². The number of carbonyl (C=O) groups is 1. The SMILES string of the molecule is CCc1cc(NC(=O)C2CC2c2ccc3c(c2)OCCO3)nc(C)n1. The number of anilines is 1. The van der Waals surface area contributed by atoms with Crippen LogP contribution in [0.1, 0.15) is 36.3 Å². The van der Waals surface area contributed by atoms with Crippen molar-refractivity contribution in [3.63, 3.8) is 0 Å². The molecular formula is C19H21N3O3. The molecule has 4 rings (SSSR count). The average molecular weight is 339 g/mol. The van der Waals surface area contributed by atoms with Crippen LogP contribution in [0.5, 0.6) is 11.5 Å². The highest BCUT2D eigenvalue weighted by atomic mass is 16.6. The van der Waals surface area contributed by atoms with Gasteiger partial charge in [-0.3, -0.25) is 4.79 Å². The number of hydrogen-bond acceptors (Lipinski definition) is 5. The summed E-state index contributed by atoms with van der Waals surface area (Å²) in [4.78, 5) is 21.2. The third-order valence-corrected chi connectivity index (χ3v) is 4.63. The van der Waals surface area contributed by atoms with E-state index >= 15 is 0 Å². The van der Waals surface area contributed by atoms with Gasteiger partial charge in [0.05, 0.1) is 0 Å². The fraction of sp³-hybridized carbons (Fsp3) is 0.421. The number of nitrogens with zero attached hydrogens (tertiary/aromatic N) is 2. The molecule has 1 N–H and O–H groups in total. The second kappa shape index (κ2) is 6.35. The first-order chi connectivity index (χ1) is 12.1. The van der Waals surface area contributed by atoms with Crippen molar-refractivity contribution in [1.29, 1.82) is 0 Å². The molecule has 1 amide bonds. The molecule has 2 unspecified atom stereocenters. The molecule has 1 aromatic carbocycles. The van der Waals surface area contributed by atoms with Crippen LogP contribution in [0.4, 0.5) is 5.82 Å². The van der Waals surface area contributed by atoms with E-state index in [0.717, 1.165) is 35.6 Å². The Bertz CT molecular complexity index is 822. The second-order valence-corrected chi connectivity index (χ2v) is 6.49. The number of aryl methyl sites for hydroxylation is 2. The van der Waals surface area contributed by atoms with Crippen LogP contribution in [-0.4, -0.2) is 29.1 Å². The van der Waals surface area contributed by atoms with Crippen molar-refractivity contribution in [2.24, 2.45) is 5.92 Å². The topological polar surface area (TPSA) is 73.3 Å². The smallest absolute Gasteiger partial charge is 0.229 e. The van der Waals surface area contributed by atoms with Crippen LogP contribution in [0.3, 0.4) is 0 Å². The maximum Gasteiger partial charge on any atom is 0.229 e. The van der Waals surface area contributed by atoms with Gasteiger partial charge in [0.25, 0.3) is 0 Å². The number of ether oxygens (including phenoxy) is 2. The molecule has 0 radical (unpaired) electrons. The Morgan fingerprint density at radius 3 is 2.80 bits per heavy atom. The first kappa shape index (κ1) is 15.9. The van der Waals surface area contributed by atoms with Gasteiger partial charge in [-0.15, -0.1) is 0 Å². The molecule has 1 aliphatic heterocycles. The highest BCUT2D eigenvalue weighted by molar-refractivity contribution is 5.94. The Morgan fingerprint density at radius 1 is 1.20 bits per heavy atom. The summed E-state index contributed by atoms with van der Waals surface area (Å²) < 4.78 is 11.2. The van der Waals surface area contributed by atoms with Crippen molar-refractivity contribution in [1.82, 2.24) is 9.97 Å². The molecule has 0 spiro atoms. The van der Waals surface area contributed by atoms with Gasteiger partial charge in [0.1, 0.15) is 24.9 Å². The minimum atomic E-state index is -0.0251. The van der Waals surface area contributed by atoms with Crippen molar-refractivity contribution in [3.05, 3.63) is 41.3 Å². The minimum absolute atomic E-state index is 0.0139. The molecule has 0 saturated heterocycles. The molecule has 6 nitrogen and oxygen atoms in total. The summed E-state index contributed by atoms with van der Waals surface area (Å²) in [5, 5.41) is 2.94. The molecular weight excluding hydrogens is 318 g/mol. The van der Waals surface area contributed by atoms with Crippen molar-refractivity contribution in [2.45, 2.75) is 32.6 Å². The Kier molecular flexibility index (Phi) is 4.03. The average Bonchev–Trinajstić information content (AvgIpc) is 3.41. The number of aromatic nitrogens is 2. The summed E-state index contributed by atoms with van der Waals surface area (Å²) in [6, 6.07) is 7.79. The van der Waals surface area contributed by atoms with Gasteiger partial charge >= 0.3 is 0 Å². The van der Waals surface area contributed by atoms with E-state index in [2.05, 4.69) is 15.3 Å². The van der Waals surface area contributed by atoms with E-state index in [1.54, 1.807) is 0 Å². The maximum atomic E-state index is 12.5. The van der Waals surface area contributed by atoms with Crippen LogP contribution in [0.25, 0.3) is 0 Å². The molecule has 0 bridgehead atoms. The number of fused-ring (bicyclic) bond motifs is 1. The van der Waals surface area contributed by atoms with Gasteiger partial charge in [-0.1, -0.05) is 13.0 Å². The Morgan fingerprint density at radius 2 is 2.00 bits per heavy atom. The van der Waals surface area contributed by atoms with Crippen molar-refractivity contribution in [2.75, 3.05) is 18.5 Å². The monoisotopic (exact) mass is 339 g/mol. The fourth-order valence-corrected chi connectivity index (χ4v) is 3.24. The van der Waals surface area contributed by atoms with E-state index in [-0.39, 0.29) is 17.7 Å². The number of amides is 1. The van der Waals surface area contributed by atoms with Gasteiger partial charge in [-0.25, -0.2) is 9.97 Å². The second-order valence-electron chi connectivity index (χ2n) is 6.49. The number of nitrogens with one attached hydrogen (secondary N) is 1.